The second-order valence-corrected chi connectivity index (χ2v) is 9.23. The van der Waals surface area contributed by atoms with E-state index in [2.05, 4.69) is 63.5 Å². The number of hydrogen-bond donors (Lipinski definition) is 1. The maximum atomic E-state index is 12.8. The Bertz CT molecular complexity index is 1060. The number of nitrogens with one attached hydrogen (secondary N) is 1. The SMILES string of the molecule is Cc1ccc(Sc2nccnc2N2CCC(C(=O)Nc3cc(C)ccc3C)CC2)cc1. The van der Waals surface area contributed by atoms with Crippen molar-refractivity contribution < 1.29 is 4.79 Å². The van der Waals surface area contributed by atoms with Crippen LogP contribution in [0.15, 0.2) is 64.8 Å². The van der Waals surface area contributed by atoms with Gasteiger partial charge in [0.1, 0.15) is 5.03 Å². The van der Waals surface area contributed by atoms with Crippen molar-refractivity contribution in [2.24, 2.45) is 5.92 Å². The van der Waals surface area contributed by atoms with E-state index in [1.807, 2.05) is 19.9 Å². The topological polar surface area (TPSA) is 58.1 Å². The Morgan fingerprint density at radius 2 is 1.65 bits per heavy atom. The fourth-order valence-electron chi connectivity index (χ4n) is 3.78. The Balaban J connectivity index is 1.40. The molecule has 1 saturated heterocycles. The van der Waals surface area contributed by atoms with Crippen LogP contribution in [0.2, 0.25) is 0 Å². The van der Waals surface area contributed by atoms with Crippen LogP contribution in [-0.2, 0) is 4.79 Å². The molecule has 2 aromatic carbocycles. The van der Waals surface area contributed by atoms with Crippen molar-refractivity contribution in [2.75, 3.05) is 23.3 Å². The van der Waals surface area contributed by atoms with Crippen molar-refractivity contribution in [3.05, 3.63) is 71.5 Å². The molecule has 5 nitrogen and oxygen atoms in total. The third-order valence-electron chi connectivity index (χ3n) is 5.70. The molecule has 0 spiro atoms. The lowest BCUT2D eigenvalue weighted by atomic mass is 9.95. The number of hydrogen-bond acceptors (Lipinski definition) is 5. The van der Waals surface area contributed by atoms with Crippen molar-refractivity contribution in [2.45, 2.75) is 43.5 Å². The maximum Gasteiger partial charge on any atom is 0.227 e. The van der Waals surface area contributed by atoms with Crippen LogP contribution in [0.25, 0.3) is 0 Å². The largest absolute Gasteiger partial charge is 0.354 e. The summed E-state index contributed by atoms with van der Waals surface area (Å²) in [5.74, 6) is 1.03. The Morgan fingerprint density at radius 3 is 2.39 bits per heavy atom. The van der Waals surface area contributed by atoms with Gasteiger partial charge in [0, 0.05) is 42.0 Å². The zero-order chi connectivity index (χ0) is 21.8. The summed E-state index contributed by atoms with van der Waals surface area (Å²) in [7, 11) is 0. The van der Waals surface area contributed by atoms with Gasteiger partial charge >= 0.3 is 0 Å². The molecule has 1 aliphatic rings. The molecule has 1 amide bonds. The van der Waals surface area contributed by atoms with Gasteiger partial charge in [-0.15, -0.1) is 0 Å². The van der Waals surface area contributed by atoms with Crippen LogP contribution in [0.4, 0.5) is 11.5 Å². The molecule has 31 heavy (non-hydrogen) atoms. The summed E-state index contributed by atoms with van der Waals surface area (Å²) >= 11 is 1.63. The minimum Gasteiger partial charge on any atom is -0.354 e. The summed E-state index contributed by atoms with van der Waals surface area (Å²) in [5.41, 5.74) is 4.40. The first-order chi connectivity index (χ1) is 15.0. The van der Waals surface area contributed by atoms with Crippen molar-refractivity contribution in [1.82, 2.24) is 9.97 Å². The summed E-state index contributed by atoms with van der Waals surface area (Å²) in [6.45, 7) is 7.75. The highest BCUT2D eigenvalue weighted by Crippen LogP contribution is 2.34. The van der Waals surface area contributed by atoms with Crippen LogP contribution >= 0.6 is 11.8 Å². The number of anilines is 2. The van der Waals surface area contributed by atoms with Crippen molar-refractivity contribution in [3.63, 3.8) is 0 Å². The van der Waals surface area contributed by atoms with E-state index in [9.17, 15) is 4.79 Å². The van der Waals surface area contributed by atoms with E-state index in [0.717, 1.165) is 58.5 Å². The van der Waals surface area contributed by atoms with Gasteiger partial charge in [0.05, 0.1) is 0 Å². The van der Waals surface area contributed by atoms with E-state index in [0.29, 0.717) is 0 Å². The van der Waals surface area contributed by atoms with Gasteiger partial charge < -0.3 is 10.2 Å². The van der Waals surface area contributed by atoms with E-state index in [1.165, 1.54) is 5.56 Å². The molecule has 2 heterocycles. The van der Waals surface area contributed by atoms with Crippen LogP contribution in [0.1, 0.15) is 29.5 Å². The maximum absolute atomic E-state index is 12.8. The quantitative estimate of drug-likeness (QED) is 0.584. The van der Waals surface area contributed by atoms with Gasteiger partial charge in [-0.1, -0.05) is 41.6 Å². The van der Waals surface area contributed by atoms with Crippen LogP contribution in [0.3, 0.4) is 0 Å². The summed E-state index contributed by atoms with van der Waals surface area (Å²) in [5, 5.41) is 4.04. The lowest BCUT2D eigenvalue weighted by molar-refractivity contribution is -0.120. The number of piperidine rings is 1. The Morgan fingerprint density at radius 1 is 0.968 bits per heavy atom. The lowest BCUT2D eigenvalue weighted by Crippen LogP contribution is -2.39. The summed E-state index contributed by atoms with van der Waals surface area (Å²) in [6, 6.07) is 14.6. The van der Waals surface area contributed by atoms with E-state index in [4.69, 9.17) is 0 Å². The fourth-order valence-corrected chi connectivity index (χ4v) is 4.67. The smallest absolute Gasteiger partial charge is 0.227 e. The average molecular weight is 433 g/mol. The van der Waals surface area contributed by atoms with Crippen LogP contribution in [0.5, 0.6) is 0 Å². The molecule has 3 aromatic rings. The minimum absolute atomic E-state index is 0.0148. The highest BCUT2D eigenvalue weighted by atomic mass is 32.2. The predicted molar refractivity (Wildman–Crippen MR) is 127 cm³/mol. The third kappa shape index (κ3) is 5.25. The second kappa shape index (κ2) is 9.52. The normalized spacial score (nSPS) is 14.5. The number of rotatable bonds is 5. The van der Waals surface area contributed by atoms with E-state index in [1.54, 1.807) is 24.2 Å². The van der Waals surface area contributed by atoms with Gasteiger partial charge in [-0.05, 0) is 62.9 Å². The van der Waals surface area contributed by atoms with Gasteiger partial charge in [-0.25, -0.2) is 9.97 Å². The zero-order valence-corrected chi connectivity index (χ0v) is 19.1. The average Bonchev–Trinajstić information content (AvgIpc) is 2.78. The molecule has 6 heteroatoms. The number of carbonyl (C=O) groups excluding carboxylic acids is 1. The van der Waals surface area contributed by atoms with E-state index < -0.39 is 0 Å². The number of nitrogens with zero attached hydrogens (tertiary/aromatic N) is 3. The van der Waals surface area contributed by atoms with Gasteiger partial charge in [-0.2, -0.15) is 0 Å². The zero-order valence-electron chi connectivity index (χ0n) is 18.3. The van der Waals surface area contributed by atoms with Crippen LogP contribution in [0, 0.1) is 26.7 Å². The summed E-state index contributed by atoms with van der Waals surface area (Å²) < 4.78 is 0. The van der Waals surface area contributed by atoms with Crippen molar-refractivity contribution in [3.8, 4) is 0 Å². The van der Waals surface area contributed by atoms with Gasteiger partial charge in [-0.3, -0.25) is 4.79 Å². The molecule has 0 atom stereocenters. The Labute approximate surface area is 188 Å². The summed E-state index contributed by atoms with van der Waals surface area (Å²) in [6.07, 6.45) is 5.10. The van der Waals surface area contributed by atoms with Gasteiger partial charge in [0.2, 0.25) is 5.91 Å². The lowest BCUT2D eigenvalue weighted by Gasteiger charge is -2.32. The molecule has 1 N–H and O–H groups in total. The molecule has 1 aromatic heterocycles. The highest BCUT2D eigenvalue weighted by molar-refractivity contribution is 7.99. The highest BCUT2D eigenvalue weighted by Gasteiger charge is 2.27. The monoisotopic (exact) mass is 432 g/mol. The number of aryl methyl sites for hydroxylation is 3. The first-order valence-electron chi connectivity index (χ1n) is 10.7. The second-order valence-electron chi connectivity index (χ2n) is 8.17. The number of amides is 1. The molecule has 160 valence electrons. The molecule has 1 aliphatic heterocycles. The van der Waals surface area contributed by atoms with Crippen LogP contribution in [-0.4, -0.2) is 29.0 Å². The molecule has 0 aliphatic carbocycles. The molecule has 4 rings (SSSR count). The van der Waals surface area contributed by atoms with Crippen LogP contribution < -0.4 is 10.2 Å². The number of benzene rings is 2. The van der Waals surface area contributed by atoms with E-state index >= 15 is 0 Å². The predicted octanol–water partition coefficient (Wildman–Crippen LogP) is 5.41. The molecule has 0 bridgehead atoms. The molecule has 0 saturated carbocycles. The standard InChI is InChI=1S/C25H28N4OS/c1-17-5-8-21(9-6-17)31-25-23(26-12-13-27-25)29-14-10-20(11-15-29)24(30)28-22-16-18(2)4-7-19(22)3/h4-9,12-13,16,20H,10-11,14-15H2,1-3H3,(H,28,30). The summed E-state index contributed by atoms with van der Waals surface area (Å²) in [4.78, 5) is 25.4. The first-order valence-corrected chi connectivity index (χ1v) is 11.5. The van der Waals surface area contributed by atoms with Gasteiger partial charge in [0.15, 0.2) is 5.82 Å². The Kier molecular flexibility index (Phi) is 6.56. The minimum atomic E-state index is 0.0148. The fraction of sp³-hybridized carbons (Fsp3) is 0.320. The molecule has 0 radical (unpaired) electrons. The number of aromatic nitrogens is 2. The van der Waals surface area contributed by atoms with Crippen molar-refractivity contribution in [1.29, 1.82) is 0 Å². The first kappa shape index (κ1) is 21.4. The molecular formula is C25H28N4OS. The number of carbonyl (C=O) groups is 1. The molecule has 0 unspecified atom stereocenters. The molecular weight excluding hydrogens is 404 g/mol. The third-order valence-corrected chi connectivity index (χ3v) is 6.69. The van der Waals surface area contributed by atoms with E-state index in [-0.39, 0.29) is 11.8 Å². The Hall–Kier alpha value is -2.86. The van der Waals surface area contributed by atoms with Crippen molar-refractivity contribution >= 4 is 29.2 Å². The molecule has 1 fully saturated rings. The van der Waals surface area contributed by atoms with Gasteiger partial charge in [0.25, 0.3) is 0 Å².